The minimum atomic E-state index is -2.59. The molecule has 0 bridgehead atoms. The van der Waals surface area contributed by atoms with Gasteiger partial charge in [-0.2, -0.15) is 0 Å². The second-order valence-corrected chi connectivity index (χ2v) is 28.8. The van der Waals surface area contributed by atoms with Crippen molar-refractivity contribution in [1.29, 1.82) is 0 Å². The first-order chi connectivity index (χ1) is 54.0. The highest BCUT2D eigenvalue weighted by atomic mass is 16.8. The summed E-state index contributed by atoms with van der Waals surface area (Å²) in [4.78, 5) is 12.7. The number of carbonyl (C=O) groups excluding carboxylic acids is 1. The Kier molecular flexibility index (Phi) is 33.4. The van der Waals surface area contributed by atoms with Gasteiger partial charge in [0.15, 0.2) is 62.9 Å². The maximum absolute atomic E-state index is 12.7. The number of rotatable bonds is 29. The molecule has 114 heavy (non-hydrogen) atoms. The van der Waals surface area contributed by atoms with Gasteiger partial charge in [-0.15, -0.1) is 0 Å². The highest BCUT2D eigenvalue weighted by molar-refractivity contribution is 5.73. The first kappa shape index (κ1) is 93.7. The molecule has 0 aliphatic carbocycles. The van der Waals surface area contributed by atoms with Crippen LogP contribution in [0.1, 0.15) is 6.92 Å². The van der Waals surface area contributed by atoms with Crippen LogP contribution in [-0.2, 0) is 94.8 Å². The molecule has 52 nitrogen and oxygen atoms in total. The minimum absolute atomic E-state index is 0.928. The number of aliphatic hydroxyl groups excluding tert-OH is 31. The Balaban J connectivity index is 1.00. The second-order valence-electron chi connectivity index (χ2n) is 28.8. The molecule has 10 fully saturated rings. The Morgan fingerprint density at radius 1 is 0.228 bits per heavy atom. The maximum atomic E-state index is 12.7. The van der Waals surface area contributed by atoms with E-state index >= 15 is 0 Å². The first-order valence-corrected chi connectivity index (χ1v) is 36.2. The second kappa shape index (κ2) is 40.6. The Labute approximate surface area is 642 Å². The van der Waals surface area contributed by atoms with E-state index in [0.29, 0.717) is 0 Å². The van der Waals surface area contributed by atoms with Gasteiger partial charge in [-0.1, -0.05) is 0 Å². The third-order valence-electron chi connectivity index (χ3n) is 21.3. The number of hydrogen-bond acceptors (Lipinski definition) is 51. The molecule has 10 heterocycles. The quantitative estimate of drug-likeness (QED) is 0.0331. The van der Waals surface area contributed by atoms with Gasteiger partial charge in [-0.05, 0) is 0 Å². The monoisotopic (exact) mass is 1680 g/mol. The van der Waals surface area contributed by atoms with Gasteiger partial charge in [0.2, 0.25) is 5.91 Å². The van der Waals surface area contributed by atoms with Gasteiger partial charge in [0.1, 0.15) is 244 Å². The summed E-state index contributed by atoms with van der Waals surface area (Å²) in [6, 6.07) is -1.87. The molecule has 664 valence electrons. The first-order valence-electron chi connectivity index (χ1n) is 36.2. The fourth-order valence-corrected chi connectivity index (χ4v) is 14.6. The highest BCUT2D eigenvalue weighted by Gasteiger charge is 2.61. The zero-order chi connectivity index (χ0) is 83.7. The van der Waals surface area contributed by atoms with Crippen molar-refractivity contribution in [3.8, 4) is 0 Å². The summed E-state index contributed by atoms with van der Waals surface area (Å²) in [5.41, 5.74) is 0. The van der Waals surface area contributed by atoms with Crippen LogP contribution < -0.4 is 5.32 Å². The van der Waals surface area contributed by atoms with E-state index in [9.17, 15) is 163 Å². The van der Waals surface area contributed by atoms with Gasteiger partial charge in [0, 0.05) is 6.92 Å². The number of aliphatic hydroxyl groups is 31. The largest absolute Gasteiger partial charge is 0.394 e. The van der Waals surface area contributed by atoms with E-state index in [0.717, 1.165) is 6.92 Å². The summed E-state index contributed by atoms with van der Waals surface area (Å²) in [6.07, 6.45) is -107. The van der Waals surface area contributed by atoms with E-state index in [2.05, 4.69) is 5.32 Å². The third kappa shape index (κ3) is 19.7. The Bertz CT molecular complexity index is 2920. The van der Waals surface area contributed by atoms with Crippen LogP contribution in [-0.4, -0.2) is 537 Å². The van der Waals surface area contributed by atoms with Crippen molar-refractivity contribution in [2.75, 3.05) is 66.1 Å². The van der Waals surface area contributed by atoms with Gasteiger partial charge in [-0.3, -0.25) is 4.79 Å². The Morgan fingerprint density at radius 3 is 0.772 bits per heavy atom. The average molecular weight is 1680 g/mol. The van der Waals surface area contributed by atoms with Crippen LogP contribution in [0.15, 0.2) is 0 Å². The molecule has 1 amide bonds. The van der Waals surface area contributed by atoms with E-state index in [-0.39, 0.29) is 0 Å². The van der Waals surface area contributed by atoms with Crippen molar-refractivity contribution < 1.29 is 253 Å². The van der Waals surface area contributed by atoms with Gasteiger partial charge < -0.3 is 254 Å². The predicted molar refractivity (Wildman–Crippen MR) is 341 cm³/mol. The van der Waals surface area contributed by atoms with Gasteiger partial charge in [-0.25, -0.2) is 0 Å². The fraction of sp³-hybridized carbons (Fsp3) is 0.984. The highest BCUT2D eigenvalue weighted by Crippen LogP contribution is 2.41. The molecule has 0 aromatic rings. The van der Waals surface area contributed by atoms with E-state index in [4.69, 9.17) is 90.0 Å². The van der Waals surface area contributed by atoms with Crippen molar-refractivity contribution in [1.82, 2.24) is 5.32 Å². The molecule has 10 rings (SSSR count). The molecule has 1 unspecified atom stereocenters. The number of hydrogen-bond donors (Lipinski definition) is 32. The van der Waals surface area contributed by atoms with Crippen molar-refractivity contribution in [2.24, 2.45) is 0 Å². The van der Waals surface area contributed by atoms with Crippen molar-refractivity contribution in [3.63, 3.8) is 0 Å². The number of carbonyl (C=O) groups is 1. The van der Waals surface area contributed by atoms with Crippen molar-refractivity contribution in [2.45, 2.75) is 314 Å². The lowest BCUT2D eigenvalue weighted by molar-refractivity contribution is -0.407. The lowest BCUT2D eigenvalue weighted by Gasteiger charge is -2.50. The smallest absolute Gasteiger partial charge is 0.217 e. The molecule has 0 radical (unpaired) electrons. The summed E-state index contributed by atoms with van der Waals surface area (Å²) in [5, 5.41) is 344. The fourth-order valence-electron chi connectivity index (χ4n) is 14.6. The topological polar surface area (TPSA) is 832 Å². The predicted octanol–water partition coefficient (Wildman–Crippen LogP) is -22.7. The SMILES string of the molecule is CC(=O)N[C@H]1C(O)O[C@H](CO)[C@@H](O)[C@@H]1O[C@@H]1O[C@H](CO[C@H]2O[C@H](CO[C@H]3O[C@H](CO)[C@@H](O)[C@H](O)[C@@H]3O[C@H]3O[C@H](CO)[C@@H](O)[C@H](O)[C@@H]3O)[C@@H](O)[C@H](O[C@H]3O[C@H](CO)[C@@H](O)[C@H](O)[C@@H]3O[C@H]3O[C@H](CO)[C@@H](O)[C@H](O)[C@@H]3O)[C@@H]2O)[C@@H](O)[C@H](O[C@H]2O[C@H](CO)[C@@H](O)[C@H](O)[C@@H]2O[C@H]2O[C@H](CO)[C@@H](O)[C@H](O)[C@@H]2O[C@H]2O[C@H](CO)[C@@H](O)[C@H](O)[C@@H]2O)[C@@H]1O. The van der Waals surface area contributed by atoms with Crippen LogP contribution in [0.2, 0.25) is 0 Å². The molecule has 32 N–H and O–H groups in total. The van der Waals surface area contributed by atoms with Crippen LogP contribution in [0.4, 0.5) is 0 Å². The molecule has 0 saturated carbocycles. The lowest BCUT2D eigenvalue weighted by atomic mass is 9.94. The zero-order valence-corrected chi connectivity index (χ0v) is 60.0. The average Bonchev–Trinajstić information content (AvgIpc) is 0.762. The summed E-state index contributed by atoms with van der Waals surface area (Å²) in [7, 11) is 0. The molecule has 52 heteroatoms. The maximum Gasteiger partial charge on any atom is 0.217 e. The van der Waals surface area contributed by atoms with Crippen LogP contribution >= 0.6 is 0 Å². The Hall–Kier alpha value is -2.53. The van der Waals surface area contributed by atoms with Gasteiger partial charge in [0.25, 0.3) is 0 Å². The summed E-state index contributed by atoms with van der Waals surface area (Å²) in [6.45, 7) is -10.3. The van der Waals surface area contributed by atoms with Crippen LogP contribution in [0, 0.1) is 0 Å². The minimum Gasteiger partial charge on any atom is -0.394 e. The third-order valence-corrected chi connectivity index (χ3v) is 21.3. The molecule has 0 aromatic carbocycles. The molecule has 0 spiro atoms. The normalized spacial score (nSPS) is 52.6. The molecule has 10 saturated heterocycles. The van der Waals surface area contributed by atoms with Gasteiger partial charge in [0.05, 0.1) is 66.1 Å². The van der Waals surface area contributed by atoms with Crippen LogP contribution in [0.25, 0.3) is 0 Å². The molecule has 10 aliphatic rings. The van der Waals surface area contributed by atoms with Crippen LogP contribution in [0.5, 0.6) is 0 Å². The molecule has 50 atom stereocenters. The van der Waals surface area contributed by atoms with Gasteiger partial charge >= 0.3 is 0 Å². The number of amides is 1. The van der Waals surface area contributed by atoms with E-state index < -0.39 is 379 Å². The Morgan fingerprint density at radius 2 is 0.447 bits per heavy atom. The van der Waals surface area contributed by atoms with Crippen molar-refractivity contribution in [3.05, 3.63) is 0 Å². The lowest BCUT2D eigenvalue weighted by Crippen LogP contribution is -2.69. The molecule has 0 aromatic heterocycles. The van der Waals surface area contributed by atoms with Crippen molar-refractivity contribution >= 4 is 5.91 Å². The van der Waals surface area contributed by atoms with E-state index in [1.807, 2.05) is 0 Å². The number of ether oxygens (including phenoxy) is 19. The molecular weight excluding hydrogens is 1570 g/mol. The number of nitrogens with one attached hydrogen (secondary N) is 1. The summed E-state index contributed by atoms with van der Waals surface area (Å²) < 4.78 is 111. The summed E-state index contributed by atoms with van der Waals surface area (Å²) in [5.74, 6) is -0.928. The zero-order valence-electron chi connectivity index (χ0n) is 60.0. The molecular formula is C62H105NO51. The van der Waals surface area contributed by atoms with E-state index in [1.165, 1.54) is 0 Å². The van der Waals surface area contributed by atoms with E-state index in [1.54, 1.807) is 0 Å². The standard InChI is InChI=1S/C62H105NO51/c1-12(72)63-23-46(31(80)20(9-71)98-53(23)95)108-58-45(94)48(110-61-52(40(89)30(79)18(7-69)104-61)114-62-51(39(88)29(78)19(8-70)105-62)113-57-43(92)36(85)26(75)15(4-66)101-57)33(82)22(107-58)10-96-54-44(93)47(109-60-50(38(87)28(77)17(6-68)103-60)112-56-42(91)35(84)25(74)14(3-65)100-56)32(81)21(106-54)11-97-59-49(37(86)27(76)16(5-67)102-59)111-55-41(90)34(83)24(73)13(2-64)99-55/h13-62,64-71,73-95H,2-11H2,1H3,(H,63,72)/t13-,14-,15-,16-,17-,18-,19-,20-,21-,22-,23-,24-,25-,26-,27-,28-,29-,30-,31-,32-,33-,34+,35+,36+,37+,38+,39+,40+,41+,42+,43+,44+,45+,46-,47+,48+,49+,50+,51+,52+,53?,54+,55-,56-,57-,58+,59+,60-,61-,62-/m1/s1. The summed E-state index contributed by atoms with van der Waals surface area (Å²) >= 11 is 0. The molecule has 10 aliphatic heterocycles. The van der Waals surface area contributed by atoms with Crippen LogP contribution in [0.3, 0.4) is 0 Å².